The standard InChI is InChI=1S/C19H39N3/c1-18(2,3)15-21-10-8-16(9-11-21)12-20(7)17-13-22(14-17)19(4,5)6/h16-17H,8-15H2,1-7H3. The van der Waals surface area contributed by atoms with Gasteiger partial charge in [0.15, 0.2) is 0 Å². The Kier molecular flexibility index (Phi) is 5.62. The maximum atomic E-state index is 2.67. The van der Waals surface area contributed by atoms with Gasteiger partial charge in [0.05, 0.1) is 0 Å². The van der Waals surface area contributed by atoms with Gasteiger partial charge >= 0.3 is 0 Å². The van der Waals surface area contributed by atoms with Crippen molar-refractivity contribution in [2.75, 3.05) is 46.3 Å². The molecule has 2 aliphatic heterocycles. The molecule has 0 aromatic heterocycles. The minimum Gasteiger partial charge on any atom is -0.303 e. The SMILES string of the molecule is CN(CC1CCN(CC(C)(C)C)CC1)C1CN(C(C)(C)C)C1. The summed E-state index contributed by atoms with van der Waals surface area (Å²) in [4.78, 5) is 7.90. The van der Waals surface area contributed by atoms with Gasteiger partial charge in [-0.05, 0) is 65.1 Å². The van der Waals surface area contributed by atoms with E-state index in [1.165, 1.54) is 52.1 Å². The van der Waals surface area contributed by atoms with Crippen LogP contribution in [0.4, 0.5) is 0 Å². The monoisotopic (exact) mass is 309 g/mol. The minimum absolute atomic E-state index is 0.343. The van der Waals surface area contributed by atoms with Crippen molar-refractivity contribution in [1.29, 1.82) is 0 Å². The van der Waals surface area contributed by atoms with Crippen LogP contribution < -0.4 is 0 Å². The molecule has 2 fully saturated rings. The Morgan fingerprint density at radius 1 is 0.955 bits per heavy atom. The van der Waals surface area contributed by atoms with Crippen LogP contribution in [-0.2, 0) is 0 Å². The fourth-order valence-corrected chi connectivity index (χ4v) is 3.84. The second-order valence-electron chi connectivity index (χ2n) is 9.95. The van der Waals surface area contributed by atoms with E-state index in [1.54, 1.807) is 0 Å². The molecule has 2 rings (SSSR count). The van der Waals surface area contributed by atoms with Crippen molar-refractivity contribution >= 4 is 0 Å². The van der Waals surface area contributed by atoms with Gasteiger partial charge in [-0.2, -0.15) is 0 Å². The van der Waals surface area contributed by atoms with Crippen molar-refractivity contribution in [2.24, 2.45) is 11.3 Å². The Hall–Kier alpha value is -0.120. The molecule has 22 heavy (non-hydrogen) atoms. The number of hydrogen-bond donors (Lipinski definition) is 0. The Bertz CT molecular complexity index is 339. The molecule has 3 nitrogen and oxygen atoms in total. The highest BCUT2D eigenvalue weighted by molar-refractivity contribution is 4.94. The van der Waals surface area contributed by atoms with Crippen molar-refractivity contribution in [2.45, 2.75) is 66.0 Å². The van der Waals surface area contributed by atoms with E-state index in [0.717, 1.165) is 12.0 Å². The van der Waals surface area contributed by atoms with Gasteiger partial charge in [-0.15, -0.1) is 0 Å². The third kappa shape index (κ3) is 5.21. The summed E-state index contributed by atoms with van der Waals surface area (Å²) in [5.74, 6) is 0.907. The Morgan fingerprint density at radius 2 is 1.50 bits per heavy atom. The molecule has 0 N–H and O–H groups in total. The summed E-state index contributed by atoms with van der Waals surface area (Å²) in [6.45, 7) is 21.7. The second kappa shape index (κ2) is 6.78. The highest BCUT2D eigenvalue weighted by Gasteiger charge is 2.37. The zero-order valence-electron chi connectivity index (χ0n) is 16.2. The fraction of sp³-hybridized carbons (Fsp3) is 1.00. The fourth-order valence-electron chi connectivity index (χ4n) is 3.84. The molecule has 0 radical (unpaired) electrons. The summed E-state index contributed by atoms with van der Waals surface area (Å²) >= 11 is 0. The molecule has 2 saturated heterocycles. The van der Waals surface area contributed by atoms with Crippen LogP contribution in [0.25, 0.3) is 0 Å². The first-order valence-electron chi connectivity index (χ1n) is 9.22. The van der Waals surface area contributed by atoms with E-state index in [1.807, 2.05) is 0 Å². The molecule has 130 valence electrons. The quantitative estimate of drug-likeness (QED) is 0.790. The predicted molar refractivity (Wildman–Crippen MR) is 96.4 cm³/mol. The highest BCUT2D eigenvalue weighted by atomic mass is 15.3. The molecule has 0 bridgehead atoms. The van der Waals surface area contributed by atoms with Crippen LogP contribution in [0.2, 0.25) is 0 Å². The molecule has 2 aliphatic rings. The number of likely N-dealkylation sites (N-methyl/N-ethyl adjacent to an activating group) is 1. The topological polar surface area (TPSA) is 9.72 Å². The van der Waals surface area contributed by atoms with E-state index in [9.17, 15) is 0 Å². The van der Waals surface area contributed by atoms with Crippen molar-refractivity contribution < 1.29 is 0 Å². The molecule has 0 aromatic carbocycles. The lowest BCUT2D eigenvalue weighted by molar-refractivity contribution is -0.0205. The first kappa shape index (κ1) is 18.2. The summed E-state index contributed by atoms with van der Waals surface area (Å²) in [7, 11) is 2.34. The third-order valence-corrected chi connectivity index (χ3v) is 5.39. The normalized spacial score (nSPS) is 24.0. The van der Waals surface area contributed by atoms with Gasteiger partial charge in [-0.3, -0.25) is 4.90 Å². The first-order valence-corrected chi connectivity index (χ1v) is 9.22. The number of piperidine rings is 1. The predicted octanol–water partition coefficient (Wildman–Crippen LogP) is 3.16. The molecule has 0 amide bonds. The largest absolute Gasteiger partial charge is 0.303 e. The Labute approximate surface area is 139 Å². The summed E-state index contributed by atoms with van der Waals surface area (Å²) in [6.07, 6.45) is 2.77. The summed E-state index contributed by atoms with van der Waals surface area (Å²) in [6, 6.07) is 0.784. The van der Waals surface area contributed by atoms with E-state index >= 15 is 0 Å². The highest BCUT2D eigenvalue weighted by Crippen LogP contribution is 2.26. The lowest BCUT2D eigenvalue weighted by Crippen LogP contribution is -2.64. The molecule has 0 saturated carbocycles. The smallest absolute Gasteiger partial charge is 0.0347 e. The Morgan fingerprint density at radius 3 is 1.95 bits per heavy atom. The molecule has 0 unspecified atom stereocenters. The average Bonchev–Trinajstić information content (AvgIpc) is 2.25. The molecular formula is C19H39N3. The van der Waals surface area contributed by atoms with Crippen LogP contribution in [0.15, 0.2) is 0 Å². The summed E-state index contributed by atoms with van der Waals surface area (Å²) < 4.78 is 0. The molecule has 0 aromatic rings. The first-order chi connectivity index (χ1) is 10.0. The number of hydrogen-bond acceptors (Lipinski definition) is 3. The van der Waals surface area contributed by atoms with Crippen LogP contribution in [0, 0.1) is 11.3 Å². The van der Waals surface area contributed by atoms with Gasteiger partial charge in [-0.25, -0.2) is 0 Å². The van der Waals surface area contributed by atoms with E-state index in [4.69, 9.17) is 0 Å². The van der Waals surface area contributed by atoms with Crippen LogP contribution >= 0.6 is 0 Å². The van der Waals surface area contributed by atoms with Crippen molar-refractivity contribution in [1.82, 2.24) is 14.7 Å². The lowest BCUT2D eigenvalue weighted by atomic mass is 9.91. The summed E-state index contributed by atoms with van der Waals surface area (Å²) in [5, 5.41) is 0. The van der Waals surface area contributed by atoms with Gasteiger partial charge in [0.25, 0.3) is 0 Å². The van der Waals surface area contributed by atoms with Crippen molar-refractivity contribution in [3.63, 3.8) is 0 Å². The van der Waals surface area contributed by atoms with Gasteiger partial charge in [-0.1, -0.05) is 20.8 Å². The van der Waals surface area contributed by atoms with E-state index in [2.05, 4.69) is 63.3 Å². The van der Waals surface area contributed by atoms with Gasteiger partial charge in [0.1, 0.15) is 0 Å². The van der Waals surface area contributed by atoms with Gasteiger partial charge in [0.2, 0.25) is 0 Å². The van der Waals surface area contributed by atoms with Crippen LogP contribution in [0.5, 0.6) is 0 Å². The van der Waals surface area contributed by atoms with E-state index in [-0.39, 0.29) is 0 Å². The minimum atomic E-state index is 0.343. The van der Waals surface area contributed by atoms with Crippen LogP contribution in [-0.4, -0.2) is 72.6 Å². The second-order valence-corrected chi connectivity index (χ2v) is 9.95. The Balaban J connectivity index is 1.67. The maximum Gasteiger partial charge on any atom is 0.0347 e. The molecule has 0 aliphatic carbocycles. The van der Waals surface area contributed by atoms with Crippen molar-refractivity contribution in [3.8, 4) is 0 Å². The van der Waals surface area contributed by atoms with Crippen LogP contribution in [0.1, 0.15) is 54.4 Å². The number of rotatable bonds is 4. The van der Waals surface area contributed by atoms with E-state index in [0.29, 0.717) is 11.0 Å². The zero-order chi connectivity index (χ0) is 16.5. The van der Waals surface area contributed by atoms with Gasteiger partial charge in [0, 0.05) is 37.8 Å². The zero-order valence-corrected chi connectivity index (χ0v) is 16.2. The maximum absolute atomic E-state index is 2.67. The molecule has 3 heteroatoms. The molecular weight excluding hydrogens is 270 g/mol. The van der Waals surface area contributed by atoms with Crippen LogP contribution in [0.3, 0.4) is 0 Å². The number of likely N-dealkylation sites (tertiary alicyclic amines) is 2. The van der Waals surface area contributed by atoms with Gasteiger partial charge < -0.3 is 9.80 Å². The number of nitrogens with zero attached hydrogens (tertiary/aromatic N) is 3. The van der Waals surface area contributed by atoms with E-state index < -0.39 is 0 Å². The van der Waals surface area contributed by atoms with Crippen molar-refractivity contribution in [3.05, 3.63) is 0 Å². The summed E-state index contributed by atoms with van der Waals surface area (Å²) in [5.41, 5.74) is 0.779. The third-order valence-electron chi connectivity index (χ3n) is 5.39. The lowest BCUT2D eigenvalue weighted by Gasteiger charge is -2.51. The molecule has 0 atom stereocenters. The average molecular weight is 310 g/mol. The molecule has 2 heterocycles. The molecule has 0 spiro atoms.